The molecule has 0 spiro atoms. The van der Waals surface area contributed by atoms with Crippen LogP contribution in [-0.2, 0) is 65.4 Å². The molecule has 5 atom stereocenters. The molecule has 19 heteroatoms. The molecule has 0 aromatic rings. The quantitative estimate of drug-likeness (QED) is 0.0169. The normalized spacial score (nSPS) is 14.4. The summed E-state index contributed by atoms with van der Waals surface area (Å²) in [6.07, 6.45) is 79.6. The Labute approximate surface area is 620 Å². The number of ether oxygens (including phenoxy) is 4. The number of aliphatic hydroxyl groups excluding tert-OH is 1. The summed E-state index contributed by atoms with van der Waals surface area (Å²) in [6.45, 7) is 4.75. The Morgan fingerprint density at radius 2 is 0.490 bits per heavy atom. The minimum absolute atomic E-state index is 0.0671. The van der Waals surface area contributed by atoms with E-state index in [2.05, 4.69) is 113 Å². The van der Waals surface area contributed by atoms with Crippen molar-refractivity contribution in [3.63, 3.8) is 0 Å². The number of hydrogen-bond acceptors (Lipinski definition) is 15. The molecular formula is C83H146O17P2. The Morgan fingerprint density at radius 3 is 0.804 bits per heavy atom. The van der Waals surface area contributed by atoms with Crippen LogP contribution in [0.4, 0.5) is 0 Å². The highest BCUT2D eigenvalue weighted by atomic mass is 31.2. The van der Waals surface area contributed by atoms with E-state index in [-0.39, 0.29) is 25.7 Å². The molecule has 0 bridgehead atoms. The number of carbonyl (C=O) groups is 4. The molecule has 0 rings (SSSR count). The highest BCUT2D eigenvalue weighted by molar-refractivity contribution is 7.47. The first kappa shape index (κ1) is 98.0. The molecule has 0 saturated heterocycles. The molecule has 0 aliphatic rings. The van der Waals surface area contributed by atoms with E-state index in [9.17, 15) is 43.2 Å². The zero-order chi connectivity index (χ0) is 74.6. The first-order valence-electron chi connectivity index (χ1n) is 40.5. The van der Waals surface area contributed by atoms with Gasteiger partial charge in [-0.2, -0.15) is 0 Å². The van der Waals surface area contributed by atoms with Gasteiger partial charge in [-0.3, -0.25) is 37.3 Å². The molecule has 3 N–H and O–H groups in total. The fourth-order valence-electron chi connectivity index (χ4n) is 10.8. The van der Waals surface area contributed by atoms with Crippen molar-refractivity contribution in [1.29, 1.82) is 0 Å². The largest absolute Gasteiger partial charge is 0.472 e. The van der Waals surface area contributed by atoms with Gasteiger partial charge in [0, 0.05) is 25.7 Å². The number of phosphoric acid groups is 2. The van der Waals surface area contributed by atoms with Crippen molar-refractivity contribution in [2.24, 2.45) is 0 Å². The van der Waals surface area contributed by atoms with Crippen LogP contribution in [0.5, 0.6) is 0 Å². The van der Waals surface area contributed by atoms with E-state index in [4.69, 9.17) is 37.0 Å². The molecule has 0 aliphatic heterocycles. The average Bonchev–Trinajstić information content (AvgIpc) is 0.923. The molecular weight excluding hydrogens is 1330 g/mol. The maximum atomic E-state index is 13.1. The van der Waals surface area contributed by atoms with Crippen molar-refractivity contribution < 1.29 is 80.2 Å². The van der Waals surface area contributed by atoms with Crippen molar-refractivity contribution >= 4 is 39.5 Å². The van der Waals surface area contributed by atoms with Crippen molar-refractivity contribution in [3.8, 4) is 0 Å². The fraction of sp³-hybridized carbons (Fsp3) is 0.759. The van der Waals surface area contributed by atoms with Crippen LogP contribution in [0.3, 0.4) is 0 Å². The van der Waals surface area contributed by atoms with Gasteiger partial charge < -0.3 is 33.8 Å². The maximum Gasteiger partial charge on any atom is 0.472 e. The van der Waals surface area contributed by atoms with E-state index in [1.165, 1.54) is 116 Å². The van der Waals surface area contributed by atoms with Gasteiger partial charge in [0.25, 0.3) is 0 Å². The van der Waals surface area contributed by atoms with Gasteiger partial charge in [-0.1, -0.05) is 273 Å². The number of rotatable bonds is 76. The number of unbranched alkanes of at least 4 members (excludes halogenated alkanes) is 34. The highest BCUT2D eigenvalue weighted by Gasteiger charge is 2.30. The molecule has 0 saturated carbocycles. The zero-order valence-corrected chi connectivity index (χ0v) is 66.3. The zero-order valence-electron chi connectivity index (χ0n) is 64.5. The van der Waals surface area contributed by atoms with E-state index in [1.54, 1.807) is 0 Å². The minimum atomic E-state index is -4.99. The Balaban J connectivity index is 5.42. The highest BCUT2D eigenvalue weighted by Crippen LogP contribution is 2.45. The fourth-order valence-corrected chi connectivity index (χ4v) is 12.3. The molecule has 0 aromatic heterocycles. The first-order chi connectivity index (χ1) is 49.7. The van der Waals surface area contributed by atoms with Gasteiger partial charge in [0.2, 0.25) is 0 Å². The summed E-state index contributed by atoms with van der Waals surface area (Å²) in [5, 5.41) is 10.6. The standard InChI is InChI=1S/C83H146O17P2/c1-5-9-13-17-21-25-29-33-37-38-42-44-48-52-56-60-64-68-81(86)94-74-79(100-83(88)70-66-62-58-54-50-46-41-36-32-28-24-20-16-12-8-4)76-98-102(91,92)96-72-77(84)71-95-101(89,90)97-75-78(99-82(87)69-65-61-57-53-49-45-40-35-31-27-23-19-15-11-7-3)73-93-80(85)67-63-59-55-51-47-43-39-34-30-26-22-18-14-10-6-2/h21,24-25,28,33-37,39-42,44,52,56,77-79,84H,5-20,22-23,26-27,29-32,38,43,45-51,53-55,57-76H2,1-4H3,(H,89,90)(H,91,92)/b25-21-,28-24-,37-33-,39-34-,40-35-,41-36-,44-42-,56-52-/t77-,78-,79-/m1/s1. The van der Waals surface area contributed by atoms with Gasteiger partial charge in [0.05, 0.1) is 26.4 Å². The molecule has 0 amide bonds. The topological polar surface area (TPSA) is 237 Å². The van der Waals surface area contributed by atoms with Crippen molar-refractivity contribution in [3.05, 3.63) is 97.2 Å². The Morgan fingerprint density at radius 1 is 0.275 bits per heavy atom. The van der Waals surface area contributed by atoms with Crippen LogP contribution in [0.1, 0.15) is 349 Å². The average molecular weight is 1480 g/mol. The summed E-state index contributed by atoms with van der Waals surface area (Å²) in [6, 6.07) is 0. The van der Waals surface area contributed by atoms with E-state index in [0.717, 1.165) is 148 Å². The molecule has 0 aromatic carbocycles. The Hall–Kier alpha value is -4.02. The van der Waals surface area contributed by atoms with E-state index in [0.29, 0.717) is 32.1 Å². The Kier molecular flexibility index (Phi) is 72.3. The smallest absolute Gasteiger partial charge is 0.462 e. The summed E-state index contributed by atoms with van der Waals surface area (Å²) >= 11 is 0. The van der Waals surface area contributed by atoms with Gasteiger partial charge in [0.1, 0.15) is 19.3 Å². The lowest BCUT2D eigenvalue weighted by atomic mass is 10.1. The van der Waals surface area contributed by atoms with Gasteiger partial charge in [-0.25, -0.2) is 9.13 Å². The van der Waals surface area contributed by atoms with Crippen molar-refractivity contribution in [2.75, 3.05) is 39.6 Å². The molecule has 0 heterocycles. The van der Waals surface area contributed by atoms with Gasteiger partial charge in [-0.15, -0.1) is 0 Å². The summed E-state index contributed by atoms with van der Waals surface area (Å²) in [5.41, 5.74) is 0. The lowest BCUT2D eigenvalue weighted by molar-refractivity contribution is -0.161. The molecule has 2 unspecified atom stereocenters. The number of allylic oxidation sites excluding steroid dienone is 16. The number of hydrogen-bond donors (Lipinski definition) is 3. The van der Waals surface area contributed by atoms with Crippen molar-refractivity contribution in [2.45, 2.75) is 367 Å². The van der Waals surface area contributed by atoms with Gasteiger partial charge in [0.15, 0.2) is 12.2 Å². The lowest BCUT2D eigenvalue weighted by Gasteiger charge is -2.21. The van der Waals surface area contributed by atoms with E-state index in [1.807, 2.05) is 12.2 Å². The third kappa shape index (κ3) is 74.3. The second-order valence-corrected chi connectivity index (χ2v) is 29.9. The SMILES string of the molecule is CCCCC/C=C\C/C=C\C/C=C\C/C=C\CCCC(=O)OC[C@H](COP(=O)(O)OC[C@H](O)COP(=O)(O)OC[C@@H](COC(=O)CCCCCCC/C=C\CCCCCCCC)OC(=O)CCCCCCC/C=C\CCCCCCCC)OC(=O)CCCCCCC/C=C\C/C=C\CCCCC. The maximum absolute atomic E-state index is 13.1. The number of carbonyl (C=O) groups excluding carboxylic acids is 4. The van der Waals surface area contributed by atoms with Crippen LogP contribution in [0.25, 0.3) is 0 Å². The summed E-state index contributed by atoms with van der Waals surface area (Å²) in [5.74, 6) is -2.26. The molecule has 0 aliphatic carbocycles. The number of esters is 4. The van der Waals surface area contributed by atoms with Crippen LogP contribution in [-0.4, -0.2) is 96.7 Å². The van der Waals surface area contributed by atoms with Crippen molar-refractivity contribution in [1.82, 2.24) is 0 Å². The third-order valence-electron chi connectivity index (χ3n) is 17.0. The molecule has 17 nitrogen and oxygen atoms in total. The molecule has 0 fully saturated rings. The van der Waals surface area contributed by atoms with Gasteiger partial charge >= 0.3 is 39.5 Å². The number of phosphoric ester groups is 2. The molecule has 590 valence electrons. The monoisotopic (exact) mass is 1480 g/mol. The summed E-state index contributed by atoms with van der Waals surface area (Å²) < 4.78 is 68.6. The van der Waals surface area contributed by atoms with Crippen LogP contribution in [0, 0.1) is 0 Å². The van der Waals surface area contributed by atoms with E-state index >= 15 is 0 Å². The summed E-state index contributed by atoms with van der Waals surface area (Å²) in [4.78, 5) is 73.0. The van der Waals surface area contributed by atoms with Crippen LogP contribution >= 0.6 is 15.6 Å². The summed E-state index contributed by atoms with van der Waals surface area (Å²) in [7, 11) is -9.97. The van der Waals surface area contributed by atoms with Gasteiger partial charge in [-0.05, 0) is 148 Å². The predicted octanol–water partition coefficient (Wildman–Crippen LogP) is 23.6. The minimum Gasteiger partial charge on any atom is -0.462 e. The second kappa shape index (κ2) is 75.2. The van der Waals surface area contributed by atoms with Crippen LogP contribution in [0.2, 0.25) is 0 Å². The number of aliphatic hydroxyl groups is 1. The van der Waals surface area contributed by atoms with Crippen LogP contribution in [0.15, 0.2) is 97.2 Å². The first-order valence-corrected chi connectivity index (χ1v) is 43.5. The second-order valence-electron chi connectivity index (χ2n) is 27.0. The lowest BCUT2D eigenvalue weighted by Crippen LogP contribution is -2.30. The Bertz CT molecular complexity index is 2310. The van der Waals surface area contributed by atoms with E-state index < -0.39 is 97.5 Å². The molecule has 0 radical (unpaired) electrons. The molecule has 102 heavy (non-hydrogen) atoms. The van der Waals surface area contributed by atoms with Crippen LogP contribution < -0.4 is 0 Å². The predicted molar refractivity (Wildman–Crippen MR) is 418 cm³/mol. The third-order valence-corrected chi connectivity index (χ3v) is 18.9.